The molecule has 1 saturated heterocycles. The van der Waals surface area contributed by atoms with Crippen molar-refractivity contribution < 1.29 is 0 Å². The van der Waals surface area contributed by atoms with Gasteiger partial charge in [-0.3, -0.25) is 9.69 Å². The summed E-state index contributed by atoms with van der Waals surface area (Å²) >= 11 is 0. The van der Waals surface area contributed by atoms with Gasteiger partial charge in [-0.2, -0.15) is 10.1 Å². The molecule has 0 spiro atoms. The molecule has 0 unspecified atom stereocenters. The SMILES string of the molecule is CCC[C@@H](C)Nc1nc(N)nc2cnn(Cc3ccc(CN4CCCC4)cc3)c(=O)c12. The van der Waals surface area contributed by atoms with Crippen molar-refractivity contribution in [2.45, 2.75) is 58.7 Å². The third-order valence-electron chi connectivity index (χ3n) is 5.79. The summed E-state index contributed by atoms with van der Waals surface area (Å²) in [6, 6.07) is 8.61. The fraction of sp³-hybridized carbons (Fsp3) is 0.478. The number of fused-ring (bicyclic) bond motifs is 1. The molecule has 8 nitrogen and oxygen atoms in total. The van der Waals surface area contributed by atoms with E-state index in [1.54, 1.807) is 6.20 Å². The lowest BCUT2D eigenvalue weighted by Crippen LogP contribution is -2.26. The zero-order valence-electron chi connectivity index (χ0n) is 18.3. The number of benzene rings is 1. The smallest absolute Gasteiger partial charge is 0.280 e. The van der Waals surface area contributed by atoms with Gasteiger partial charge in [0, 0.05) is 12.6 Å². The Morgan fingerprint density at radius 1 is 1.10 bits per heavy atom. The standard InChI is InChI=1S/C23H31N7O/c1-3-6-16(2)26-21-20-19(27-23(24)28-21)13-25-30(22(20)31)15-18-9-7-17(8-10-18)14-29-11-4-5-12-29/h7-10,13,16H,3-6,11-12,14-15H2,1-2H3,(H3,24,26,27,28)/t16-/m1/s1. The first kappa shape index (κ1) is 21.2. The molecular formula is C23H31N7O. The summed E-state index contributed by atoms with van der Waals surface area (Å²) in [5.41, 5.74) is 8.43. The Morgan fingerprint density at radius 3 is 2.45 bits per heavy atom. The number of nitrogens with zero attached hydrogens (tertiary/aromatic N) is 5. The van der Waals surface area contributed by atoms with E-state index in [-0.39, 0.29) is 17.5 Å². The zero-order valence-corrected chi connectivity index (χ0v) is 18.3. The first-order chi connectivity index (χ1) is 15.0. The monoisotopic (exact) mass is 421 g/mol. The van der Waals surface area contributed by atoms with Crippen LogP contribution in [0, 0.1) is 0 Å². The second-order valence-corrected chi connectivity index (χ2v) is 8.43. The number of likely N-dealkylation sites (tertiary alicyclic amines) is 1. The minimum Gasteiger partial charge on any atom is -0.368 e. The molecule has 1 aliphatic heterocycles. The number of rotatable bonds is 8. The maximum atomic E-state index is 13.2. The van der Waals surface area contributed by atoms with E-state index in [1.807, 2.05) is 0 Å². The summed E-state index contributed by atoms with van der Waals surface area (Å²) in [4.78, 5) is 24.2. The Balaban J connectivity index is 1.58. The van der Waals surface area contributed by atoms with Gasteiger partial charge in [-0.15, -0.1) is 0 Å². The van der Waals surface area contributed by atoms with E-state index in [0.717, 1.165) is 24.9 Å². The first-order valence-corrected chi connectivity index (χ1v) is 11.1. The molecular weight excluding hydrogens is 390 g/mol. The van der Waals surface area contributed by atoms with Crippen molar-refractivity contribution in [1.29, 1.82) is 0 Å². The lowest BCUT2D eigenvalue weighted by molar-refractivity contribution is 0.331. The second kappa shape index (κ2) is 9.43. The quantitative estimate of drug-likeness (QED) is 0.576. The summed E-state index contributed by atoms with van der Waals surface area (Å²) in [6.45, 7) is 7.93. The molecule has 4 rings (SSSR count). The number of nitrogen functional groups attached to an aromatic ring is 1. The van der Waals surface area contributed by atoms with Gasteiger partial charge in [-0.1, -0.05) is 37.6 Å². The molecule has 0 aliphatic carbocycles. The molecule has 1 aromatic carbocycles. The highest BCUT2D eigenvalue weighted by molar-refractivity contribution is 5.88. The number of anilines is 2. The third kappa shape index (κ3) is 5.02. The Labute approximate surface area is 182 Å². The Kier molecular flexibility index (Phi) is 6.46. The highest BCUT2D eigenvalue weighted by Crippen LogP contribution is 2.19. The van der Waals surface area contributed by atoms with E-state index < -0.39 is 0 Å². The lowest BCUT2D eigenvalue weighted by Gasteiger charge is -2.16. The summed E-state index contributed by atoms with van der Waals surface area (Å²) in [7, 11) is 0. The normalized spacial score (nSPS) is 15.4. The predicted molar refractivity (Wildman–Crippen MR) is 124 cm³/mol. The summed E-state index contributed by atoms with van der Waals surface area (Å²) in [6.07, 6.45) is 6.17. The van der Waals surface area contributed by atoms with Gasteiger partial charge in [0.15, 0.2) is 0 Å². The predicted octanol–water partition coefficient (Wildman–Crippen LogP) is 3.01. The Bertz CT molecular complexity index is 1090. The Hall–Kier alpha value is -3.00. The minimum absolute atomic E-state index is 0.131. The van der Waals surface area contributed by atoms with Gasteiger partial charge in [0.25, 0.3) is 5.56 Å². The van der Waals surface area contributed by atoms with Crippen LogP contribution in [0.2, 0.25) is 0 Å². The maximum absolute atomic E-state index is 13.2. The van der Waals surface area contributed by atoms with Crippen LogP contribution in [0.15, 0.2) is 35.3 Å². The van der Waals surface area contributed by atoms with Gasteiger partial charge in [-0.25, -0.2) is 9.67 Å². The highest BCUT2D eigenvalue weighted by Gasteiger charge is 2.15. The number of nitrogens with one attached hydrogen (secondary N) is 1. The largest absolute Gasteiger partial charge is 0.368 e. The van der Waals surface area contributed by atoms with Crippen molar-refractivity contribution in [3.8, 4) is 0 Å². The number of hydrogen-bond donors (Lipinski definition) is 2. The van der Waals surface area contributed by atoms with Crippen molar-refractivity contribution >= 4 is 22.7 Å². The molecule has 2 aromatic heterocycles. The second-order valence-electron chi connectivity index (χ2n) is 8.43. The van der Waals surface area contributed by atoms with E-state index in [9.17, 15) is 4.79 Å². The van der Waals surface area contributed by atoms with Crippen LogP contribution in [-0.4, -0.2) is 43.8 Å². The van der Waals surface area contributed by atoms with E-state index in [2.05, 4.69) is 63.4 Å². The number of aromatic nitrogens is 4. The molecule has 0 amide bonds. The van der Waals surface area contributed by atoms with Crippen LogP contribution in [0.25, 0.3) is 10.9 Å². The topological polar surface area (TPSA) is 102 Å². The lowest BCUT2D eigenvalue weighted by atomic mass is 10.1. The van der Waals surface area contributed by atoms with Gasteiger partial charge < -0.3 is 11.1 Å². The van der Waals surface area contributed by atoms with Crippen LogP contribution in [0.3, 0.4) is 0 Å². The van der Waals surface area contributed by atoms with Crippen molar-refractivity contribution in [3.05, 3.63) is 51.9 Å². The zero-order chi connectivity index (χ0) is 21.8. The summed E-state index contributed by atoms with van der Waals surface area (Å²) < 4.78 is 1.47. The van der Waals surface area contributed by atoms with Crippen LogP contribution >= 0.6 is 0 Å². The van der Waals surface area contributed by atoms with Crippen LogP contribution < -0.4 is 16.6 Å². The molecule has 0 saturated carbocycles. The van der Waals surface area contributed by atoms with E-state index in [4.69, 9.17) is 5.73 Å². The maximum Gasteiger partial charge on any atom is 0.280 e. The molecule has 164 valence electrons. The molecule has 1 atom stereocenters. The van der Waals surface area contributed by atoms with E-state index in [0.29, 0.717) is 23.3 Å². The van der Waals surface area contributed by atoms with Crippen LogP contribution in [0.4, 0.5) is 11.8 Å². The molecule has 1 fully saturated rings. The number of nitrogens with two attached hydrogens (primary N) is 1. The molecule has 1 aliphatic rings. The summed E-state index contributed by atoms with van der Waals surface area (Å²) in [5, 5.41) is 8.08. The highest BCUT2D eigenvalue weighted by atomic mass is 16.1. The van der Waals surface area contributed by atoms with Gasteiger partial charge in [0.05, 0.1) is 12.7 Å². The van der Waals surface area contributed by atoms with Crippen molar-refractivity contribution in [2.24, 2.45) is 0 Å². The van der Waals surface area contributed by atoms with Gasteiger partial charge >= 0.3 is 0 Å². The van der Waals surface area contributed by atoms with Crippen LogP contribution in [0.1, 0.15) is 50.7 Å². The van der Waals surface area contributed by atoms with Crippen molar-refractivity contribution in [3.63, 3.8) is 0 Å². The van der Waals surface area contributed by atoms with E-state index >= 15 is 0 Å². The molecule has 8 heteroatoms. The molecule has 0 bridgehead atoms. The fourth-order valence-electron chi connectivity index (χ4n) is 4.18. The summed E-state index contributed by atoms with van der Waals surface area (Å²) in [5.74, 6) is 0.608. The van der Waals surface area contributed by atoms with Gasteiger partial charge in [-0.05, 0) is 50.4 Å². The van der Waals surface area contributed by atoms with Crippen molar-refractivity contribution in [1.82, 2.24) is 24.6 Å². The average molecular weight is 422 g/mol. The van der Waals surface area contributed by atoms with Gasteiger partial charge in [0.2, 0.25) is 5.95 Å². The van der Waals surface area contributed by atoms with Crippen LogP contribution in [0.5, 0.6) is 0 Å². The van der Waals surface area contributed by atoms with Gasteiger partial charge in [0.1, 0.15) is 16.7 Å². The third-order valence-corrected chi connectivity index (χ3v) is 5.79. The van der Waals surface area contributed by atoms with E-state index in [1.165, 1.54) is 36.2 Å². The number of hydrogen-bond acceptors (Lipinski definition) is 7. The van der Waals surface area contributed by atoms with Crippen LogP contribution in [-0.2, 0) is 13.1 Å². The minimum atomic E-state index is -0.218. The van der Waals surface area contributed by atoms with Crippen molar-refractivity contribution in [2.75, 3.05) is 24.1 Å². The molecule has 3 N–H and O–H groups in total. The molecule has 3 aromatic rings. The average Bonchev–Trinajstić information content (AvgIpc) is 3.24. The first-order valence-electron chi connectivity index (χ1n) is 11.1. The fourth-order valence-corrected chi connectivity index (χ4v) is 4.18. The Morgan fingerprint density at radius 2 is 1.77 bits per heavy atom. The molecule has 0 radical (unpaired) electrons. The molecule has 3 heterocycles. The molecule has 31 heavy (non-hydrogen) atoms.